The van der Waals surface area contributed by atoms with Crippen LogP contribution in [0.3, 0.4) is 0 Å². The van der Waals surface area contributed by atoms with Gasteiger partial charge in [0.1, 0.15) is 5.56 Å². The zero-order chi connectivity index (χ0) is 20.1. The number of aromatic nitrogens is 3. The fourth-order valence-corrected chi connectivity index (χ4v) is 3.07. The summed E-state index contributed by atoms with van der Waals surface area (Å²) in [4.78, 5) is 33.9. The van der Waals surface area contributed by atoms with Gasteiger partial charge in [-0.25, -0.2) is 0 Å². The molecule has 6 nitrogen and oxygen atoms in total. The molecule has 0 unspecified atom stereocenters. The first-order chi connectivity index (χ1) is 13.5. The van der Waals surface area contributed by atoms with Gasteiger partial charge >= 0.3 is 0 Å². The molecule has 3 rings (SSSR count). The van der Waals surface area contributed by atoms with Crippen LogP contribution >= 0.6 is 11.6 Å². The molecule has 1 amide bonds. The Hall–Kier alpha value is -2.99. The molecule has 3 aromatic rings. The SMILES string of the molecule is Cc1cnc(Cn2ccc(C)c(C(=O)NCCc3ccccc3Cl)c2=O)cn1. The zero-order valence-corrected chi connectivity index (χ0v) is 16.5. The van der Waals surface area contributed by atoms with Crippen molar-refractivity contribution in [1.29, 1.82) is 0 Å². The van der Waals surface area contributed by atoms with Crippen molar-refractivity contribution in [2.75, 3.05) is 6.54 Å². The summed E-state index contributed by atoms with van der Waals surface area (Å²) >= 11 is 6.14. The Kier molecular flexibility index (Phi) is 6.21. The molecule has 0 atom stereocenters. The molecule has 0 spiro atoms. The summed E-state index contributed by atoms with van der Waals surface area (Å²) in [5.74, 6) is -0.390. The Morgan fingerprint density at radius 2 is 1.93 bits per heavy atom. The molecule has 1 N–H and O–H groups in total. The summed E-state index contributed by atoms with van der Waals surface area (Å²) in [5, 5.41) is 3.48. The molecule has 7 heteroatoms. The van der Waals surface area contributed by atoms with Gasteiger partial charge in [0.2, 0.25) is 0 Å². The van der Waals surface area contributed by atoms with E-state index in [4.69, 9.17) is 11.6 Å². The number of rotatable bonds is 6. The zero-order valence-electron chi connectivity index (χ0n) is 15.8. The first-order valence-electron chi connectivity index (χ1n) is 8.95. The van der Waals surface area contributed by atoms with Gasteiger partial charge in [-0.2, -0.15) is 0 Å². The largest absolute Gasteiger partial charge is 0.352 e. The third kappa shape index (κ3) is 4.64. The van der Waals surface area contributed by atoms with Crippen molar-refractivity contribution in [3.63, 3.8) is 0 Å². The number of benzene rings is 1. The molecule has 0 aliphatic carbocycles. The molecule has 0 aliphatic heterocycles. The first kappa shape index (κ1) is 19.8. The lowest BCUT2D eigenvalue weighted by Gasteiger charge is -2.11. The molecule has 2 aromatic heterocycles. The molecular formula is C21H21ClN4O2. The van der Waals surface area contributed by atoms with Gasteiger partial charge in [0.25, 0.3) is 11.5 Å². The molecule has 28 heavy (non-hydrogen) atoms. The number of hydrogen-bond donors (Lipinski definition) is 1. The van der Waals surface area contributed by atoms with E-state index in [0.29, 0.717) is 29.2 Å². The van der Waals surface area contributed by atoms with E-state index in [1.54, 1.807) is 31.6 Å². The van der Waals surface area contributed by atoms with Crippen molar-refractivity contribution < 1.29 is 4.79 Å². The van der Waals surface area contributed by atoms with Gasteiger partial charge in [-0.3, -0.25) is 19.6 Å². The maximum Gasteiger partial charge on any atom is 0.264 e. The van der Waals surface area contributed by atoms with Gasteiger partial charge in [-0.15, -0.1) is 0 Å². The van der Waals surface area contributed by atoms with E-state index < -0.39 is 0 Å². The van der Waals surface area contributed by atoms with E-state index in [2.05, 4.69) is 15.3 Å². The molecule has 0 fully saturated rings. The summed E-state index contributed by atoms with van der Waals surface area (Å²) in [6, 6.07) is 9.24. The van der Waals surface area contributed by atoms with Crippen molar-refractivity contribution >= 4 is 17.5 Å². The van der Waals surface area contributed by atoms with Gasteiger partial charge in [0.05, 0.1) is 24.1 Å². The summed E-state index contributed by atoms with van der Waals surface area (Å²) in [7, 11) is 0. The quantitative estimate of drug-likeness (QED) is 0.695. The van der Waals surface area contributed by atoms with Gasteiger partial charge in [0.15, 0.2) is 0 Å². The Balaban J connectivity index is 1.73. The number of nitrogens with one attached hydrogen (secondary N) is 1. The monoisotopic (exact) mass is 396 g/mol. The van der Waals surface area contributed by atoms with Crippen molar-refractivity contribution in [2.24, 2.45) is 0 Å². The summed E-state index contributed by atoms with van der Waals surface area (Å²) in [6.45, 7) is 4.24. The van der Waals surface area contributed by atoms with E-state index in [0.717, 1.165) is 11.3 Å². The van der Waals surface area contributed by atoms with Gasteiger partial charge < -0.3 is 9.88 Å². The minimum Gasteiger partial charge on any atom is -0.352 e. The Morgan fingerprint density at radius 1 is 1.14 bits per heavy atom. The van der Waals surface area contributed by atoms with Crippen molar-refractivity contribution in [3.05, 3.63) is 92.4 Å². The number of carbonyl (C=O) groups excluding carboxylic acids is 1. The van der Waals surface area contributed by atoms with Crippen molar-refractivity contribution in [2.45, 2.75) is 26.8 Å². The summed E-state index contributed by atoms with van der Waals surface area (Å²) in [6.07, 6.45) is 5.53. The predicted octanol–water partition coefficient (Wildman–Crippen LogP) is 2.93. The third-order valence-electron chi connectivity index (χ3n) is 4.41. The van der Waals surface area contributed by atoms with E-state index in [1.807, 2.05) is 31.2 Å². The summed E-state index contributed by atoms with van der Waals surface area (Å²) < 4.78 is 1.47. The smallest absolute Gasteiger partial charge is 0.264 e. The number of aryl methyl sites for hydroxylation is 2. The molecule has 2 heterocycles. The second-order valence-electron chi connectivity index (χ2n) is 6.55. The second kappa shape index (κ2) is 8.80. The maximum atomic E-state index is 12.8. The van der Waals surface area contributed by atoms with Crippen molar-refractivity contribution in [3.8, 4) is 0 Å². The molecule has 0 saturated heterocycles. The van der Waals surface area contributed by atoms with Crippen LogP contribution in [0.1, 0.15) is 32.9 Å². The molecule has 144 valence electrons. The topological polar surface area (TPSA) is 76.9 Å². The molecule has 0 bridgehead atoms. The fraction of sp³-hybridized carbons (Fsp3) is 0.238. The number of nitrogens with zero attached hydrogens (tertiary/aromatic N) is 3. The number of pyridine rings is 1. The van der Waals surface area contributed by atoms with Crippen LogP contribution in [0.5, 0.6) is 0 Å². The Labute approximate surface area is 168 Å². The van der Waals surface area contributed by atoms with Crippen LogP contribution < -0.4 is 10.9 Å². The average molecular weight is 397 g/mol. The minimum atomic E-state index is -0.390. The van der Waals surface area contributed by atoms with Crippen LogP contribution in [0.15, 0.2) is 53.7 Å². The lowest BCUT2D eigenvalue weighted by molar-refractivity contribution is 0.0951. The second-order valence-corrected chi connectivity index (χ2v) is 6.96. The van der Waals surface area contributed by atoms with Gasteiger partial charge in [0, 0.05) is 24.0 Å². The standard InChI is InChI=1S/C21H21ClN4O2/c1-14-8-10-26(13-17-12-24-15(2)11-25-17)21(28)19(14)20(27)23-9-7-16-5-3-4-6-18(16)22/h3-6,8,10-12H,7,9,13H2,1-2H3,(H,23,27). The fourth-order valence-electron chi connectivity index (χ4n) is 2.84. The predicted molar refractivity (Wildman–Crippen MR) is 109 cm³/mol. The third-order valence-corrected chi connectivity index (χ3v) is 4.77. The minimum absolute atomic E-state index is 0.140. The molecular weight excluding hydrogens is 376 g/mol. The maximum absolute atomic E-state index is 12.8. The van der Waals surface area contributed by atoms with Crippen LogP contribution in [-0.4, -0.2) is 27.0 Å². The molecule has 0 aliphatic rings. The van der Waals surface area contributed by atoms with E-state index in [1.165, 1.54) is 4.57 Å². The van der Waals surface area contributed by atoms with E-state index in [9.17, 15) is 9.59 Å². The molecule has 0 radical (unpaired) electrons. The number of hydrogen-bond acceptors (Lipinski definition) is 4. The summed E-state index contributed by atoms with van der Waals surface area (Å²) in [5.41, 5.74) is 2.83. The van der Waals surface area contributed by atoms with Crippen molar-refractivity contribution in [1.82, 2.24) is 19.9 Å². The molecule has 1 aromatic carbocycles. The lowest BCUT2D eigenvalue weighted by Crippen LogP contribution is -2.35. The highest BCUT2D eigenvalue weighted by Crippen LogP contribution is 2.15. The van der Waals surface area contributed by atoms with Gasteiger partial charge in [-0.1, -0.05) is 29.8 Å². The lowest BCUT2D eigenvalue weighted by atomic mass is 10.1. The van der Waals surface area contributed by atoms with Crippen LogP contribution in [0, 0.1) is 13.8 Å². The molecule has 0 saturated carbocycles. The number of amides is 1. The van der Waals surface area contributed by atoms with E-state index >= 15 is 0 Å². The first-order valence-corrected chi connectivity index (χ1v) is 9.32. The Bertz CT molecular complexity index is 1050. The van der Waals surface area contributed by atoms with Crippen LogP contribution in [0.2, 0.25) is 5.02 Å². The highest BCUT2D eigenvalue weighted by Gasteiger charge is 2.16. The number of carbonyl (C=O) groups is 1. The van der Waals surface area contributed by atoms with Gasteiger partial charge in [-0.05, 0) is 43.5 Å². The van der Waals surface area contributed by atoms with Crippen LogP contribution in [0.25, 0.3) is 0 Å². The number of halogens is 1. The highest BCUT2D eigenvalue weighted by molar-refractivity contribution is 6.31. The average Bonchev–Trinajstić information content (AvgIpc) is 2.67. The van der Waals surface area contributed by atoms with Crippen LogP contribution in [-0.2, 0) is 13.0 Å². The van der Waals surface area contributed by atoms with Crippen LogP contribution in [0.4, 0.5) is 0 Å². The highest BCUT2D eigenvalue weighted by atomic mass is 35.5. The normalized spacial score (nSPS) is 10.7. The van der Waals surface area contributed by atoms with E-state index in [-0.39, 0.29) is 23.6 Å². The Morgan fingerprint density at radius 3 is 2.64 bits per heavy atom.